The van der Waals surface area contributed by atoms with E-state index < -0.39 is 5.66 Å². The molecule has 0 unspecified atom stereocenters. The van der Waals surface area contributed by atoms with Crippen LogP contribution in [0, 0.1) is 0 Å². The summed E-state index contributed by atoms with van der Waals surface area (Å²) in [6.07, 6.45) is 1.93. The molecule has 3 nitrogen and oxygen atoms in total. The van der Waals surface area contributed by atoms with Gasteiger partial charge < -0.3 is 0 Å². The summed E-state index contributed by atoms with van der Waals surface area (Å²) in [6.45, 7) is 0. The van der Waals surface area contributed by atoms with Crippen molar-refractivity contribution in [2.24, 2.45) is 4.99 Å². The average Bonchev–Trinajstić information content (AvgIpc) is 3.23. The van der Waals surface area contributed by atoms with Crippen molar-refractivity contribution in [3.05, 3.63) is 132 Å². The predicted molar refractivity (Wildman–Crippen MR) is 119 cm³/mol. The van der Waals surface area contributed by atoms with Crippen molar-refractivity contribution in [3.8, 4) is 0 Å². The van der Waals surface area contributed by atoms with Gasteiger partial charge in [-0.25, -0.2) is 0 Å². The van der Waals surface area contributed by atoms with E-state index in [0.717, 1.165) is 22.5 Å². The second-order valence-corrected chi connectivity index (χ2v) is 6.98. The zero-order valence-corrected chi connectivity index (χ0v) is 16.0. The molecule has 0 aromatic heterocycles. The highest BCUT2D eigenvalue weighted by Crippen LogP contribution is 2.44. The third kappa shape index (κ3) is 2.93. The second-order valence-electron chi connectivity index (χ2n) is 6.98. The zero-order valence-electron chi connectivity index (χ0n) is 16.0. The van der Waals surface area contributed by atoms with Gasteiger partial charge in [0.15, 0.2) is 0 Å². The van der Waals surface area contributed by atoms with Crippen molar-refractivity contribution in [1.29, 1.82) is 0 Å². The Hall–Kier alpha value is -3.69. The maximum Gasteiger partial charge on any atom is 0.272 e. The van der Waals surface area contributed by atoms with E-state index in [1.54, 1.807) is 0 Å². The Labute approximate surface area is 171 Å². The van der Waals surface area contributed by atoms with Crippen molar-refractivity contribution in [1.82, 2.24) is 5.01 Å². The average molecular weight is 375 g/mol. The lowest BCUT2D eigenvalue weighted by Gasteiger charge is -2.35. The van der Waals surface area contributed by atoms with Crippen LogP contribution >= 0.6 is 0 Å². The second kappa shape index (κ2) is 7.38. The van der Waals surface area contributed by atoms with Gasteiger partial charge >= 0.3 is 0 Å². The summed E-state index contributed by atoms with van der Waals surface area (Å²) < 4.78 is 0. The van der Waals surface area contributed by atoms with E-state index in [0.29, 0.717) is 0 Å². The monoisotopic (exact) mass is 375 g/mol. The minimum atomic E-state index is -0.695. The minimum absolute atomic E-state index is 0.695. The van der Waals surface area contributed by atoms with Gasteiger partial charge in [-0.2, -0.15) is 4.99 Å². The molecule has 1 aliphatic heterocycles. The Kier molecular flexibility index (Phi) is 4.43. The third-order valence-electron chi connectivity index (χ3n) is 5.25. The van der Waals surface area contributed by atoms with Crippen LogP contribution in [0.25, 0.3) is 0 Å². The molecule has 0 saturated heterocycles. The van der Waals surface area contributed by atoms with Crippen molar-refractivity contribution in [2.75, 3.05) is 5.01 Å². The topological polar surface area (TPSA) is 21.5 Å². The highest BCUT2D eigenvalue weighted by molar-refractivity contribution is 5.79. The van der Waals surface area contributed by atoms with Gasteiger partial charge in [0.05, 0.1) is 5.69 Å². The highest BCUT2D eigenvalue weighted by Gasteiger charge is 2.54. The molecule has 139 valence electrons. The van der Waals surface area contributed by atoms with Gasteiger partial charge in [0.2, 0.25) is 11.4 Å². The molecule has 0 aliphatic carbocycles. The first-order valence-electron chi connectivity index (χ1n) is 9.75. The van der Waals surface area contributed by atoms with Crippen LogP contribution in [0.2, 0.25) is 0 Å². The molecule has 0 amide bonds. The number of hydrogen-bond donors (Lipinski definition) is 0. The molecule has 3 heteroatoms. The standard InChI is InChI=1S/C26H21N3/c1-5-13-22(14-6-1)26(23-15-7-2-8-16-23)27-21-28(24-17-9-3-10-18-24)29(26)25-19-11-4-12-20-25/h1-21H/q+1. The Bertz CT molecular complexity index is 1050. The number of benzene rings is 4. The van der Waals surface area contributed by atoms with E-state index in [2.05, 4.69) is 107 Å². The van der Waals surface area contributed by atoms with Crippen LogP contribution in [-0.2, 0) is 5.66 Å². The van der Waals surface area contributed by atoms with Crippen LogP contribution in [0.4, 0.5) is 11.4 Å². The molecule has 0 spiro atoms. The highest BCUT2D eigenvalue weighted by atomic mass is 15.7. The number of anilines is 2. The summed E-state index contributed by atoms with van der Waals surface area (Å²) >= 11 is 0. The molecule has 4 aromatic rings. The Morgan fingerprint density at radius 2 is 1.00 bits per heavy atom. The lowest BCUT2D eigenvalue weighted by Crippen LogP contribution is -2.51. The molecule has 0 bridgehead atoms. The van der Waals surface area contributed by atoms with Gasteiger partial charge in [-0.05, 0) is 12.1 Å². The molecule has 0 saturated carbocycles. The number of hydrazine groups is 1. The number of nitrogens with zero attached hydrogens (tertiary/aromatic N) is 3. The van der Waals surface area contributed by atoms with Crippen LogP contribution in [0.5, 0.6) is 0 Å². The van der Waals surface area contributed by atoms with Gasteiger partial charge in [-0.15, -0.1) is 5.01 Å². The maximum absolute atomic E-state index is 5.15. The summed E-state index contributed by atoms with van der Waals surface area (Å²) in [6, 6.07) is 41.8. The molecule has 4 aromatic carbocycles. The van der Waals surface area contributed by atoms with Crippen molar-refractivity contribution < 1.29 is 0 Å². The van der Waals surface area contributed by atoms with Crippen LogP contribution < -0.4 is 10.0 Å². The summed E-state index contributed by atoms with van der Waals surface area (Å²) in [7, 11) is 0. The van der Waals surface area contributed by atoms with Gasteiger partial charge in [0.25, 0.3) is 6.34 Å². The molecule has 0 fully saturated rings. The third-order valence-corrected chi connectivity index (χ3v) is 5.25. The van der Waals surface area contributed by atoms with Gasteiger partial charge in [-0.1, -0.05) is 97.1 Å². The van der Waals surface area contributed by atoms with Crippen molar-refractivity contribution in [2.45, 2.75) is 5.66 Å². The van der Waals surface area contributed by atoms with Gasteiger partial charge in [0, 0.05) is 28.3 Å². The van der Waals surface area contributed by atoms with Crippen LogP contribution in [0.3, 0.4) is 0 Å². The fourth-order valence-electron chi connectivity index (χ4n) is 3.95. The summed E-state index contributed by atoms with van der Waals surface area (Å²) in [4.78, 5) is 5.15. The summed E-state index contributed by atoms with van der Waals surface area (Å²) in [5.74, 6) is 0. The smallest absolute Gasteiger partial charge is 0.191 e. The van der Waals surface area contributed by atoms with E-state index in [1.807, 2.05) is 30.6 Å². The summed E-state index contributed by atoms with van der Waals surface area (Å²) in [5.41, 5.74) is 3.67. The lowest BCUT2D eigenvalue weighted by molar-refractivity contribution is 0.473. The van der Waals surface area contributed by atoms with Crippen molar-refractivity contribution in [3.63, 3.8) is 0 Å². The first kappa shape index (κ1) is 17.4. The molecule has 5 rings (SSSR count). The molecule has 0 atom stereocenters. The van der Waals surface area contributed by atoms with E-state index >= 15 is 0 Å². The molecule has 1 heterocycles. The lowest BCUT2D eigenvalue weighted by atomic mass is 9.90. The van der Waals surface area contributed by atoms with Gasteiger partial charge in [0.1, 0.15) is 0 Å². The molecular weight excluding hydrogens is 354 g/mol. The first-order valence-corrected chi connectivity index (χ1v) is 9.75. The Morgan fingerprint density at radius 3 is 1.52 bits per heavy atom. The quantitative estimate of drug-likeness (QED) is 0.412. The van der Waals surface area contributed by atoms with Crippen molar-refractivity contribution >= 4 is 17.7 Å². The molecule has 1 radical (unpaired) electrons. The molecular formula is C26H21N3+. The number of rotatable bonds is 4. The largest absolute Gasteiger partial charge is 0.272 e. The molecule has 29 heavy (non-hydrogen) atoms. The van der Waals surface area contributed by atoms with Gasteiger partial charge in [-0.3, -0.25) is 0 Å². The SMILES string of the molecule is C1=NC(c2ccccc2)(c2ccccc2)N(c2ccccc2)[N+]1c1ccccc1. The minimum Gasteiger partial charge on any atom is -0.191 e. The Morgan fingerprint density at radius 1 is 0.552 bits per heavy atom. The summed E-state index contributed by atoms with van der Waals surface area (Å²) in [5, 5.41) is 4.41. The number of aliphatic imine (C=N–C) groups is 1. The Balaban J connectivity index is 1.78. The number of para-hydroxylation sites is 2. The predicted octanol–water partition coefficient (Wildman–Crippen LogP) is 5.82. The van der Waals surface area contributed by atoms with E-state index in [-0.39, 0.29) is 0 Å². The van der Waals surface area contributed by atoms with E-state index in [4.69, 9.17) is 4.99 Å². The molecule has 1 aliphatic rings. The van der Waals surface area contributed by atoms with Crippen LogP contribution in [0.1, 0.15) is 11.1 Å². The first-order chi connectivity index (χ1) is 14.4. The van der Waals surface area contributed by atoms with Crippen LogP contribution in [-0.4, -0.2) is 6.34 Å². The van der Waals surface area contributed by atoms with E-state index in [9.17, 15) is 0 Å². The fourth-order valence-corrected chi connectivity index (χ4v) is 3.95. The molecule has 0 N–H and O–H groups in total. The van der Waals surface area contributed by atoms with Crippen LogP contribution in [0.15, 0.2) is 126 Å². The zero-order chi connectivity index (χ0) is 19.5. The van der Waals surface area contributed by atoms with E-state index in [1.165, 1.54) is 0 Å². The number of hydrogen-bond acceptors (Lipinski definition) is 3. The maximum atomic E-state index is 5.15. The normalized spacial score (nSPS) is 15.5. The fraction of sp³-hybridized carbons (Fsp3) is 0.0385.